The first-order chi connectivity index (χ1) is 24.8. The average Bonchev–Trinajstić information content (AvgIpc) is 3.42. The molecule has 1 saturated heterocycles. The van der Waals surface area contributed by atoms with Gasteiger partial charge in [0.05, 0.1) is 0 Å². The van der Waals surface area contributed by atoms with Crippen LogP contribution in [0.2, 0.25) is 0 Å². The number of hydroxylamine groups is 2. The lowest BCUT2D eigenvalue weighted by Gasteiger charge is -2.12. The van der Waals surface area contributed by atoms with Crippen LogP contribution in [0.15, 0.2) is 72.8 Å². The number of hydrogen-bond acceptors (Lipinski definition) is 13. The van der Waals surface area contributed by atoms with Gasteiger partial charge in [0.25, 0.3) is 29.5 Å². The Balaban J connectivity index is 0.000000393. The number of carbonyl (C=O) groups is 7. The zero-order valence-corrected chi connectivity index (χ0v) is 28.8. The first-order valence-electron chi connectivity index (χ1n) is 15.6. The van der Waals surface area contributed by atoms with Crippen LogP contribution in [0.1, 0.15) is 71.6 Å². The fourth-order valence-electron chi connectivity index (χ4n) is 3.76. The minimum Gasteiger partial charge on any atom is -0.508 e. The van der Waals surface area contributed by atoms with Crippen molar-refractivity contribution in [3.8, 4) is 17.2 Å². The van der Waals surface area contributed by atoms with Gasteiger partial charge in [-0.1, -0.05) is 5.06 Å². The highest BCUT2D eigenvalue weighted by molar-refractivity contribution is 6.01. The van der Waals surface area contributed by atoms with Gasteiger partial charge in [0.2, 0.25) is 0 Å². The second-order valence-electron chi connectivity index (χ2n) is 9.88. The molecule has 17 nitrogen and oxygen atoms in total. The topological polar surface area (TPSA) is 241 Å². The summed E-state index contributed by atoms with van der Waals surface area (Å²) in [5, 5.41) is 17.3. The van der Waals surface area contributed by atoms with Crippen LogP contribution in [0.5, 0.6) is 17.2 Å². The molecule has 0 radical (unpaired) electrons. The molecule has 0 unspecified atom stereocenters. The Morgan fingerprint density at radius 2 is 0.962 bits per heavy atom. The number of aromatic hydroxyl groups is 1. The molecule has 5 amide bonds. The molecular weight excluding hydrogens is 684 g/mol. The summed E-state index contributed by atoms with van der Waals surface area (Å²) in [6, 6.07) is 18.3. The minimum absolute atomic E-state index is 0.00729. The number of imide groups is 1. The molecule has 0 saturated carbocycles. The van der Waals surface area contributed by atoms with Crippen molar-refractivity contribution >= 4 is 47.8 Å². The average molecular weight is 723 g/mol. The zero-order valence-electron chi connectivity index (χ0n) is 28.8. The number of nitrogens with zero attached hydrogens (tertiary/aromatic N) is 1. The number of carbonyl (C=O) groups excluding carboxylic acids is 9. The fraction of sp³-hybridized carbons (Fsp3) is 0.257. The number of benzene rings is 3. The van der Waals surface area contributed by atoms with Crippen LogP contribution < -0.4 is 25.4 Å². The normalized spacial score (nSPS) is 11.0. The Morgan fingerprint density at radius 3 is 1.29 bits per heavy atom. The van der Waals surface area contributed by atoms with Crippen molar-refractivity contribution in [2.24, 2.45) is 0 Å². The summed E-state index contributed by atoms with van der Waals surface area (Å²) < 4.78 is 9.67. The fourth-order valence-corrected chi connectivity index (χ4v) is 3.76. The lowest BCUT2D eigenvalue weighted by molar-refractivity contribution is -0.191. The van der Waals surface area contributed by atoms with Crippen molar-refractivity contribution in [2.75, 3.05) is 19.6 Å². The smallest absolute Gasteiger partial charge is 0.508 e. The van der Waals surface area contributed by atoms with Gasteiger partial charge in [-0.25, -0.2) is 4.79 Å². The minimum atomic E-state index is -1.20. The number of phenolic OH excluding ortho intramolecular Hbond substituents is 1. The van der Waals surface area contributed by atoms with Crippen LogP contribution >= 0.6 is 0 Å². The van der Waals surface area contributed by atoms with E-state index >= 15 is 0 Å². The molecular formula is C35H38N4O13. The van der Waals surface area contributed by atoms with Crippen molar-refractivity contribution in [1.82, 2.24) is 21.0 Å². The van der Waals surface area contributed by atoms with E-state index in [1.807, 2.05) is 13.8 Å². The maximum atomic E-state index is 11.6. The summed E-state index contributed by atoms with van der Waals surface area (Å²) in [6.45, 7) is 8.54. The third-order valence-electron chi connectivity index (χ3n) is 6.01. The molecule has 1 heterocycles. The van der Waals surface area contributed by atoms with Crippen molar-refractivity contribution in [1.29, 1.82) is 0 Å². The molecule has 0 atom stereocenters. The van der Waals surface area contributed by atoms with E-state index in [2.05, 4.69) is 20.8 Å². The van der Waals surface area contributed by atoms with Crippen molar-refractivity contribution < 1.29 is 62.6 Å². The summed E-state index contributed by atoms with van der Waals surface area (Å²) in [4.78, 5) is 99.6. The zero-order chi connectivity index (χ0) is 39.1. The van der Waals surface area contributed by atoms with Gasteiger partial charge >= 0.3 is 18.3 Å². The highest BCUT2D eigenvalue weighted by atomic mass is 16.8. The number of hydrogen-bond donors (Lipinski definition) is 4. The van der Waals surface area contributed by atoms with Gasteiger partial charge in [-0.15, -0.1) is 0 Å². The Hall–Kier alpha value is -6.87. The molecule has 1 aliphatic heterocycles. The van der Waals surface area contributed by atoms with E-state index in [1.54, 1.807) is 43.3 Å². The summed E-state index contributed by atoms with van der Waals surface area (Å²) >= 11 is 0. The molecule has 1 fully saturated rings. The predicted molar refractivity (Wildman–Crippen MR) is 180 cm³/mol. The first kappa shape index (κ1) is 43.2. The summed E-state index contributed by atoms with van der Waals surface area (Å²) in [5.41, 5.74) is 1.52. The third-order valence-corrected chi connectivity index (χ3v) is 6.01. The van der Waals surface area contributed by atoms with Crippen LogP contribution in [0, 0.1) is 0 Å². The Morgan fingerprint density at radius 1 is 0.635 bits per heavy atom. The maximum Gasteiger partial charge on any atom is 0.539 e. The summed E-state index contributed by atoms with van der Waals surface area (Å²) in [7, 11) is 0. The molecule has 0 aliphatic carbocycles. The lowest BCUT2D eigenvalue weighted by Crippen LogP contribution is -2.33. The molecule has 0 spiro atoms. The molecule has 276 valence electrons. The van der Waals surface area contributed by atoms with Gasteiger partial charge < -0.3 is 30.5 Å². The predicted octanol–water partition coefficient (Wildman–Crippen LogP) is 2.94. The number of nitrogens with one attached hydrogen (secondary N) is 3. The SMILES string of the molecule is CCNC(=O)c1ccc(O)cc1.CCNC(=O)c1ccc(OC(=O)ON2C(=O)CCC2=O)cc1.CCNC(=O)c1ccc(OC(C)=O)cc1.O=C=O. The van der Waals surface area contributed by atoms with Crippen LogP contribution in [0.4, 0.5) is 4.79 Å². The maximum absolute atomic E-state index is 11.6. The van der Waals surface area contributed by atoms with Crippen molar-refractivity contribution in [2.45, 2.75) is 40.5 Å². The van der Waals surface area contributed by atoms with Crippen LogP contribution in [0.25, 0.3) is 0 Å². The van der Waals surface area contributed by atoms with Crippen LogP contribution in [-0.2, 0) is 28.8 Å². The van der Waals surface area contributed by atoms with E-state index in [0.717, 1.165) is 0 Å². The van der Waals surface area contributed by atoms with Gasteiger partial charge in [-0.3, -0.25) is 33.6 Å². The van der Waals surface area contributed by atoms with Crippen molar-refractivity contribution in [3.63, 3.8) is 0 Å². The Labute approximate surface area is 298 Å². The van der Waals surface area contributed by atoms with Crippen molar-refractivity contribution in [3.05, 3.63) is 89.5 Å². The van der Waals surface area contributed by atoms with E-state index < -0.39 is 18.0 Å². The van der Waals surface area contributed by atoms with Gasteiger partial charge in [-0.2, -0.15) is 9.59 Å². The lowest BCUT2D eigenvalue weighted by atomic mass is 10.2. The van der Waals surface area contributed by atoms with Gasteiger partial charge in [0, 0.05) is 56.1 Å². The molecule has 52 heavy (non-hydrogen) atoms. The van der Waals surface area contributed by atoms with E-state index in [9.17, 15) is 33.6 Å². The number of esters is 1. The van der Waals surface area contributed by atoms with Gasteiger partial charge in [0.15, 0.2) is 0 Å². The summed E-state index contributed by atoms with van der Waals surface area (Å²) in [6.07, 6.45) is -0.935. The van der Waals surface area contributed by atoms with E-state index in [1.165, 1.54) is 43.3 Å². The number of phenols is 1. The second-order valence-corrected chi connectivity index (χ2v) is 9.88. The first-order valence-corrected chi connectivity index (χ1v) is 15.6. The third kappa shape index (κ3) is 16.0. The largest absolute Gasteiger partial charge is 0.539 e. The molecule has 17 heteroatoms. The Bertz CT molecular complexity index is 1690. The quantitative estimate of drug-likeness (QED) is 0.108. The molecule has 1 aliphatic rings. The van der Waals surface area contributed by atoms with Gasteiger partial charge in [-0.05, 0) is 93.6 Å². The van der Waals surface area contributed by atoms with Crippen LogP contribution in [0.3, 0.4) is 0 Å². The molecule has 3 aromatic carbocycles. The van der Waals surface area contributed by atoms with Crippen LogP contribution in [-0.4, -0.2) is 77.6 Å². The van der Waals surface area contributed by atoms with E-state index in [4.69, 9.17) is 24.2 Å². The Kier molecular flexibility index (Phi) is 19.5. The molecule has 4 N–H and O–H groups in total. The number of ether oxygens (including phenoxy) is 2. The number of amides is 5. The van der Waals surface area contributed by atoms with E-state index in [-0.39, 0.29) is 54.2 Å². The monoisotopic (exact) mass is 722 g/mol. The highest BCUT2D eigenvalue weighted by Gasteiger charge is 2.33. The van der Waals surface area contributed by atoms with E-state index in [0.29, 0.717) is 47.1 Å². The second kappa shape index (κ2) is 23.5. The highest BCUT2D eigenvalue weighted by Crippen LogP contribution is 2.16. The van der Waals surface area contributed by atoms with Gasteiger partial charge in [0.1, 0.15) is 17.2 Å². The molecule has 0 bridgehead atoms. The number of rotatable bonds is 9. The molecule has 3 aromatic rings. The standard InChI is InChI=1S/C14H14N2O6.C11H13NO3.C9H11NO2.CO2/c1-2-15-13(19)9-3-5-10(6-4-9)21-14(20)22-16-11(17)7-8-12(16)18;1-3-12-11(14)9-4-6-10(7-5-9)15-8(2)13;1-2-10-9(12)7-3-5-8(11)6-4-7;2-1-3/h3-6H,2,7-8H2,1H3,(H,15,19);4-7H,3H2,1-2H3,(H,12,14);3-6,11H,2H2,1H3,(H,10,12);. The summed E-state index contributed by atoms with van der Waals surface area (Å²) in [5.74, 6) is -1.31. The molecule has 4 rings (SSSR count). The molecule has 0 aromatic heterocycles.